The van der Waals surface area contributed by atoms with Gasteiger partial charge in [0.15, 0.2) is 5.88 Å². The van der Waals surface area contributed by atoms with Gasteiger partial charge in [0.2, 0.25) is 4.77 Å². The predicted octanol–water partition coefficient (Wildman–Crippen LogP) is 0.740. The van der Waals surface area contributed by atoms with Crippen LogP contribution in [0.25, 0.3) is 0 Å². The van der Waals surface area contributed by atoms with Crippen molar-refractivity contribution < 1.29 is 4.74 Å². The van der Waals surface area contributed by atoms with Crippen molar-refractivity contribution in [2.24, 2.45) is 7.05 Å². The van der Waals surface area contributed by atoms with Gasteiger partial charge in [0.25, 0.3) is 0 Å². The average Bonchev–Trinajstić information content (AvgIpc) is 1.96. The highest BCUT2D eigenvalue weighted by Crippen LogP contribution is 2.11. The molecular weight excluding hydrogens is 162 g/mol. The molecule has 0 spiro atoms. The molecule has 1 rings (SSSR count). The first-order valence-electron chi connectivity index (χ1n) is 3.02. The maximum atomic E-state index is 5.43. The van der Waals surface area contributed by atoms with Gasteiger partial charge >= 0.3 is 0 Å². The molecule has 0 saturated heterocycles. The van der Waals surface area contributed by atoms with Gasteiger partial charge in [-0.05, 0) is 12.2 Å². The van der Waals surface area contributed by atoms with E-state index in [0.29, 0.717) is 16.5 Å². The number of methoxy groups -OCH3 is 1. The summed E-state index contributed by atoms with van der Waals surface area (Å²) in [6.45, 7) is 0. The highest BCUT2D eigenvalue weighted by molar-refractivity contribution is 7.71. The van der Waals surface area contributed by atoms with Crippen molar-refractivity contribution in [3.8, 4) is 5.88 Å². The first-order chi connectivity index (χ1) is 5.15. The largest absolute Gasteiger partial charge is 0.482 e. The zero-order valence-electron chi connectivity index (χ0n) is 6.37. The topological polar surface area (TPSA) is 53.1 Å². The van der Waals surface area contributed by atoms with E-state index in [1.54, 1.807) is 24.8 Å². The van der Waals surface area contributed by atoms with Gasteiger partial charge in [-0.1, -0.05) is 0 Å². The van der Waals surface area contributed by atoms with Crippen molar-refractivity contribution in [1.29, 1.82) is 0 Å². The van der Waals surface area contributed by atoms with Crippen LogP contribution in [-0.2, 0) is 7.05 Å². The highest BCUT2D eigenvalue weighted by atomic mass is 32.1. The molecule has 0 fully saturated rings. The lowest BCUT2D eigenvalue weighted by atomic mass is 10.5. The summed E-state index contributed by atoms with van der Waals surface area (Å²) in [4.78, 5) is 3.86. The summed E-state index contributed by atoms with van der Waals surface area (Å²) in [5, 5.41) is 0. The fourth-order valence-electron chi connectivity index (χ4n) is 0.731. The smallest absolute Gasteiger partial charge is 0.203 e. The van der Waals surface area contributed by atoms with E-state index in [9.17, 15) is 0 Å². The predicted molar refractivity (Wildman–Crippen MR) is 45.0 cm³/mol. The summed E-state index contributed by atoms with van der Waals surface area (Å²) in [7, 11) is 3.33. The first-order valence-corrected chi connectivity index (χ1v) is 3.43. The first kappa shape index (κ1) is 8.00. The fourth-order valence-corrected chi connectivity index (χ4v) is 0.927. The van der Waals surface area contributed by atoms with Gasteiger partial charge in [0, 0.05) is 13.1 Å². The molecule has 0 aliphatic heterocycles. The van der Waals surface area contributed by atoms with Gasteiger partial charge in [0.05, 0.1) is 7.11 Å². The number of ether oxygens (including phenoxy) is 1. The molecule has 0 radical (unpaired) electrons. The van der Waals surface area contributed by atoms with E-state index >= 15 is 0 Å². The van der Waals surface area contributed by atoms with Gasteiger partial charge in [-0.25, -0.2) is 4.98 Å². The minimum Gasteiger partial charge on any atom is -0.482 e. The summed E-state index contributed by atoms with van der Waals surface area (Å²) in [5.41, 5.74) is 5.43. The molecule has 0 amide bonds. The van der Waals surface area contributed by atoms with Crippen LogP contribution in [0.5, 0.6) is 5.88 Å². The second kappa shape index (κ2) is 2.87. The van der Waals surface area contributed by atoms with Crippen LogP contribution >= 0.6 is 12.2 Å². The number of nitrogen functional groups attached to an aromatic ring is 1. The summed E-state index contributed by atoms with van der Waals surface area (Å²) in [5.74, 6) is 0.993. The van der Waals surface area contributed by atoms with Gasteiger partial charge in [-0.3, -0.25) is 4.57 Å². The highest BCUT2D eigenvalue weighted by Gasteiger charge is 1.98. The second-order valence-corrected chi connectivity index (χ2v) is 2.43. The van der Waals surface area contributed by atoms with Crippen LogP contribution in [0.4, 0.5) is 5.82 Å². The van der Waals surface area contributed by atoms with Crippen LogP contribution in [0.1, 0.15) is 0 Å². The van der Waals surface area contributed by atoms with Crippen molar-refractivity contribution in [2.45, 2.75) is 0 Å². The molecule has 0 saturated carbocycles. The maximum Gasteiger partial charge on any atom is 0.203 e. The van der Waals surface area contributed by atoms with E-state index in [2.05, 4.69) is 4.98 Å². The van der Waals surface area contributed by atoms with Gasteiger partial charge < -0.3 is 10.5 Å². The van der Waals surface area contributed by atoms with E-state index in [1.165, 1.54) is 0 Å². The zero-order chi connectivity index (χ0) is 8.43. The molecule has 4 nitrogen and oxygen atoms in total. The van der Waals surface area contributed by atoms with Crippen LogP contribution in [0.15, 0.2) is 6.07 Å². The van der Waals surface area contributed by atoms with Crippen LogP contribution in [0, 0.1) is 4.77 Å². The minimum absolute atomic E-state index is 0.380. The Kier molecular flexibility index (Phi) is 2.09. The minimum atomic E-state index is 0.380. The van der Waals surface area contributed by atoms with Crippen LogP contribution in [0.2, 0.25) is 0 Å². The van der Waals surface area contributed by atoms with E-state index in [-0.39, 0.29) is 0 Å². The van der Waals surface area contributed by atoms with E-state index in [4.69, 9.17) is 22.7 Å². The lowest BCUT2D eigenvalue weighted by molar-refractivity contribution is 0.376. The Hall–Kier alpha value is -1.10. The second-order valence-electron chi connectivity index (χ2n) is 2.06. The molecule has 0 atom stereocenters. The molecule has 5 heteroatoms. The fraction of sp³-hybridized carbons (Fsp3) is 0.333. The molecule has 0 aromatic carbocycles. The number of nitrogens with two attached hydrogens (primary N) is 1. The lowest BCUT2D eigenvalue weighted by Gasteiger charge is -2.06. The molecule has 0 bridgehead atoms. The third kappa shape index (κ3) is 1.48. The van der Waals surface area contributed by atoms with Crippen molar-refractivity contribution >= 4 is 18.0 Å². The molecule has 0 aliphatic rings. The number of anilines is 1. The van der Waals surface area contributed by atoms with E-state index in [0.717, 1.165) is 0 Å². The molecule has 0 aliphatic carbocycles. The van der Waals surface area contributed by atoms with Crippen LogP contribution in [-0.4, -0.2) is 16.7 Å². The monoisotopic (exact) mass is 171 g/mol. The van der Waals surface area contributed by atoms with Crippen molar-refractivity contribution in [1.82, 2.24) is 9.55 Å². The van der Waals surface area contributed by atoms with Crippen LogP contribution in [0.3, 0.4) is 0 Å². The summed E-state index contributed by atoms with van der Waals surface area (Å²) >= 11 is 4.89. The molecule has 1 aromatic rings. The van der Waals surface area contributed by atoms with Crippen molar-refractivity contribution in [3.05, 3.63) is 10.8 Å². The Morgan fingerprint density at radius 3 is 2.91 bits per heavy atom. The molecule has 1 aromatic heterocycles. The Morgan fingerprint density at radius 1 is 1.73 bits per heavy atom. The third-order valence-corrected chi connectivity index (χ3v) is 1.69. The van der Waals surface area contributed by atoms with Crippen LogP contribution < -0.4 is 10.5 Å². The molecule has 2 N–H and O–H groups in total. The number of aromatic nitrogens is 2. The summed E-state index contributed by atoms with van der Waals surface area (Å²) in [6, 6.07) is 1.62. The molecular formula is C6H9N3OS. The Labute approximate surface area is 69.6 Å². The summed E-state index contributed by atoms with van der Waals surface area (Å²) in [6.07, 6.45) is 0. The Balaban J connectivity index is 3.36. The lowest BCUT2D eigenvalue weighted by Crippen LogP contribution is -2.03. The van der Waals surface area contributed by atoms with Gasteiger partial charge in [0.1, 0.15) is 5.82 Å². The maximum absolute atomic E-state index is 5.43. The Morgan fingerprint density at radius 2 is 2.36 bits per heavy atom. The standard InChI is InChI=1S/C6H9N3OS/c1-9-5(10-2)3-4(7)8-6(9)11/h3H,1-2H3,(H2,7,8,11). The number of nitrogens with zero attached hydrogens (tertiary/aromatic N) is 2. The van der Waals surface area contributed by atoms with Crippen molar-refractivity contribution in [3.63, 3.8) is 0 Å². The van der Waals surface area contributed by atoms with Gasteiger partial charge in [-0.15, -0.1) is 0 Å². The molecule has 11 heavy (non-hydrogen) atoms. The van der Waals surface area contributed by atoms with E-state index < -0.39 is 0 Å². The average molecular weight is 171 g/mol. The van der Waals surface area contributed by atoms with Gasteiger partial charge in [-0.2, -0.15) is 0 Å². The number of hydrogen-bond donors (Lipinski definition) is 1. The van der Waals surface area contributed by atoms with Crippen molar-refractivity contribution in [2.75, 3.05) is 12.8 Å². The third-order valence-electron chi connectivity index (χ3n) is 1.32. The molecule has 1 heterocycles. The Bertz CT molecular complexity index is 320. The number of hydrogen-bond acceptors (Lipinski definition) is 4. The quantitative estimate of drug-likeness (QED) is 0.633. The summed E-state index contributed by atoms with van der Waals surface area (Å²) < 4.78 is 7.05. The van der Waals surface area contributed by atoms with E-state index in [1.807, 2.05) is 0 Å². The normalized spacial score (nSPS) is 9.64. The SMILES string of the molecule is COc1cc(N)nc(=S)n1C. The molecule has 60 valence electrons. The number of rotatable bonds is 1. The zero-order valence-corrected chi connectivity index (χ0v) is 7.18. The molecule has 0 unspecified atom stereocenters.